The molecule has 1 rings (SSSR count). The molecule has 0 unspecified atom stereocenters. The predicted octanol–water partition coefficient (Wildman–Crippen LogP) is 2.67. The summed E-state index contributed by atoms with van der Waals surface area (Å²) in [5.74, 6) is -0.387. The van der Waals surface area contributed by atoms with E-state index >= 15 is 0 Å². The van der Waals surface area contributed by atoms with E-state index in [4.69, 9.17) is 10.00 Å². The molecule has 0 aliphatic carbocycles. The average molecular weight is 282 g/mol. The van der Waals surface area contributed by atoms with Gasteiger partial charge in [0, 0.05) is 5.33 Å². The summed E-state index contributed by atoms with van der Waals surface area (Å²) in [4.78, 5) is 11.5. The van der Waals surface area contributed by atoms with Gasteiger partial charge in [0.2, 0.25) is 0 Å². The smallest absolute Gasteiger partial charge is 0.338 e. The lowest BCUT2D eigenvalue weighted by Crippen LogP contribution is -2.06. The molecule has 0 radical (unpaired) electrons. The third-order valence-corrected chi connectivity index (χ3v) is 2.78. The van der Waals surface area contributed by atoms with E-state index in [1.54, 1.807) is 12.1 Å². The van der Waals surface area contributed by atoms with E-state index in [0.29, 0.717) is 11.1 Å². The van der Waals surface area contributed by atoms with Gasteiger partial charge >= 0.3 is 5.97 Å². The van der Waals surface area contributed by atoms with Crippen molar-refractivity contribution in [3.8, 4) is 6.07 Å². The number of alkyl halides is 1. The summed E-state index contributed by atoms with van der Waals surface area (Å²) in [7, 11) is 1.34. The number of nitrogens with zero attached hydrogens (tertiary/aromatic N) is 1. The highest BCUT2D eigenvalue weighted by Gasteiger charge is 2.12. The van der Waals surface area contributed by atoms with Crippen LogP contribution in [0.3, 0.4) is 0 Å². The highest BCUT2D eigenvalue weighted by Crippen LogP contribution is 2.15. The zero-order valence-electron chi connectivity index (χ0n) is 9.00. The minimum absolute atomic E-state index is 0.387. The molecule has 0 aliphatic rings. The summed E-state index contributed by atoms with van der Waals surface area (Å²) in [5, 5.41) is 9.66. The fraction of sp³-hybridized carbons (Fsp3) is 0.333. The number of esters is 1. The van der Waals surface area contributed by atoms with E-state index in [9.17, 15) is 4.79 Å². The van der Waals surface area contributed by atoms with Gasteiger partial charge in [-0.2, -0.15) is 5.26 Å². The van der Waals surface area contributed by atoms with Crippen LogP contribution in [0.2, 0.25) is 0 Å². The van der Waals surface area contributed by atoms with Gasteiger partial charge < -0.3 is 4.74 Å². The molecule has 0 saturated carbocycles. The summed E-state index contributed by atoms with van der Waals surface area (Å²) in [5.41, 5.74) is 1.88. The maximum Gasteiger partial charge on any atom is 0.338 e. The lowest BCUT2D eigenvalue weighted by Gasteiger charge is -2.07. The highest BCUT2D eigenvalue weighted by atomic mass is 79.9. The topological polar surface area (TPSA) is 50.1 Å². The molecule has 0 bridgehead atoms. The molecular weight excluding hydrogens is 270 g/mol. The number of nitriles is 1. The first kappa shape index (κ1) is 12.7. The van der Waals surface area contributed by atoms with Crippen LogP contribution in [-0.4, -0.2) is 18.4 Å². The summed E-state index contributed by atoms with van der Waals surface area (Å²) in [6.07, 6.45) is 1.73. The second-order valence-electron chi connectivity index (χ2n) is 3.27. The molecule has 0 spiro atoms. The monoisotopic (exact) mass is 281 g/mol. The molecule has 0 atom stereocenters. The van der Waals surface area contributed by atoms with E-state index in [-0.39, 0.29) is 5.97 Å². The van der Waals surface area contributed by atoms with Gasteiger partial charge in [-0.25, -0.2) is 4.79 Å². The molecule has 16 heavy (non-hydrogen) atoms. The Bertz CT molecular complexity index is 424. The van der Waals surface area contributed by atoms with Gasteiger partial charge in [-0.15, -0.1) is 0 Å². The molecule has 1 aromatic rings. The number of aryl methyl sites for hydroxylation is 1. The molecule has 0 N–H and O–H groups in total. The Hall–Kier alpha value is -1.34. The van der Waals surface area contributed by atoms with Crippen LogP contribution in [0, 0.1) is 11.3 Å². The summed E-state index contributed by atoms with van der Waals surface area (Å²) in [6, 6.07) is 7.12. The van der Waals surface area contributed by atoms with E-state index in [1.165, 1.54) is 7.11 Å². The molecule has 4 heteroatoms. The fourth-order valence-electron chi connectivity index (χ4n) is 1.42. The van der Waals surface area contributed by atoms with Crippen molar-refractivity contribution in [1.29, 1.82) is 5.26 Å². The van der Waals surface area contributed by atoms with E-state index in [2.05, 4.69) is 15.9 Å². The molecule has 0 aromatic heterocycles. The molecule has 84 valence electrons. The largest absolute Gasteiger partial charge is 0.465 e. The van der Waals surface area contributed by atoms with Crippen molar-refractivity contribution in [3.05, 3.63) is 34.9 Å². The number of methoxy groups -OCH3 is 1. The SMILES string of the molecule is COC(=O)c1cc(C#N)ccc1CCCBr. The number of ether oxygens (including phenoxy) is 1. The molecule has 0 saturated heterocycles. The van der Waals surface area contributed by atoms with Crippen LogP contribution >= 0.6 is 15.9 Å². The molecule has 1 aromatic carbocycles. The maximum absolute atomic E-state index is 11.5. The van der Waals surface area contributed by atoms with Crippen LogP contribution in [0.15, 0.2) is 18.2 Å². The molecule has 0 aliphatic heterocycles. The molecule has 0 fully saturated rings. The Balaban J connectivity index is 3.07. The zero-order chi connectivity index (χ0) is 12.0. The van der Waals surface area contributed by atoms with Crippen molar-refractivity contribution < 1.29 is 9.53 Å². The third kappa shape index (κ3) is 3.07. The van der Waals surface area contributed by atoms with Gasteiger partial charge in [-0.1, -0.05) is 22.0 Å². The number of carbonyl (C=O) groups is 1. The number of benzene rings is 1. The van der Waals surface area contributed by atoms with Crippen LogP contribution in [-0.2, 0) is 11.2 Å². The molecule has 0 heterocycles. The van der Waals surface area contributed by atoms with Crippen LogP contribution < -0.4 is 0 Å². The highest BCUT2D eigenvalue weighted by molar-refractivity contribution is 9.09. The van der Waals surface area contributed by atoms with Crippen molar-refractivity contribution >= 4 is 21.9 Å². The van der Waals surface area contributed by atoms with Gasteiger partial charge in [0.1, 0.15) is 0 Å². The number of hydrogen-bond donors (Lipinski definition) is 0. The quantitative estimate of drug-likeness (QED) is 0.630. The van der Waals surface area contributed by atoms with Gasteiger partial charge in [-0.05, 0) is 30.5 Å². The number of hydrogen-bond acceptors (Lipinski definition) is 3. The first-order valence-electron chi connectivity index (χ1n) is 4.90. The summed E-state index contributed by atoms with van der Waals surface area (Å²) < 4.78 is 4.70. The summed E-state index contributed by atoms with van der Waals surface area (Å²) in [6.45, 7) is 0. The van der Waals surface area contributed by atoms with Gasteiger partial charge in [0.15, 0.2) is 0 Å². The number of carbonyl (C=O) groups excluding carboxylic acids is 1. The lowest BCUT2D eigenvalue weighted by atomic mass is 10.0. The summed E-state index contributed by atoms with van der Waals surface area (Å²) >= 11 is 3.35. The Morgan fingerprint density at radius 3 is 2.88 bits per heavy atom. The minimum atomic E-state index is -0.387. The Labute approximate surface area is 103 Å². The first-order valence-corrected chi connectivity index (χ1v) is 6.02. The van der Waals surface area contributed by atoms with Crippen LogP contribution in [0.1, 0.15) is 27.9 Å². The average Bonchev–Trinajstić information content (AvgIpc) is 2.35. The van der Waals surface area contributed by atoms with Gasteiger partial charge in [0.25, 0.3) is 0 Å². The second kappa shape index (κ2) is 6.29. The van der Waals surface area contributed by atoms with Gasteiger partial charge in [0.05, 0.1) is 24.3 Å². The first-order chi connectivity index (χ1) is 7.72. The maximum atomic E-state index is 11.5. The lowest BCUT2D eigenvalue weighted by molar-refractivity contribution is 0.0599. The van der Waals surface area contributed by atoms with Crippen molar-refractivity contribution in [2.75, 3.05) is 12.4 Å². The number of rotatable bonds is 4. The third-order valence-electron chi connectivity index (χ3n) is 2.22. The van der Waals surface area contributed by atoms with Crippen molar-refractivity contribution in [2.24, 2.45) is 0 Å². The Kier molecular flexibility index (Phi) is 5.00. The minimum Gasteiger partial charge on any atom is -0.465 e. The van der Waals surface area contributed by atoms with Crippen molar-refractivity contribution in [3.63, 3.8) is 0 Å². The van der Waals surface area contributed by atoms with Crippen LogP contribution in [0.4, 0.5) is 0 Å². The Morgan fingerprint density at radius 1 is 1.56 bits per heavy atom. The van der Waals surface area contributed by atoms with Crippen LogP contribution in [0.25, 0.3) is 0 Å². The van der Waals surface area contributed by atoms with Crippen molar-refractivity contribution in [1.82, 2.24) is 0 Å². The normalized spacial score (nSPS) is 9.56. The predicted molar refractivity (Wildman–Crippen MR) is 64.6 cm³/mol. The zero-order valence-corrected chi connectivity index (χ0v) is 10.6. The van der Waals surface area contributed by atoms with Crippen LogP contribution in [0.5, 0.6) is 0 Å². The fourth-order valence-corrected chi connectivity index (χ4v) is 1.70. The van der Waals surface area contributed by atoms with E-state index in [1.807, 2.05) is 12.1 Å². The molecular formula is C12H12BrNO2. The van der Waals surface area contributed by atoms with Crippen molar-refractivity contribution in [2.45, 2.75) is 12.8 Å². The molecule has 3 nitrogen and oxygen atoms in total. The van der Waals surface area contributed by atoms with E-state index < -0.39 is 0 Å². The Morgan fingerprint density at radius 2 is 2.31 bits per heavy atom. The van der Waals surface area contributed by atoms with E-state index in [0.717, 1.165) is 23.7 Å². The second-order valence-corrected chi connectivity index (χ2v) is 4.06. The standard InChI is InChI=1S/C12H12BrNO2/c1-16-12(15)11-7-9(8-14)4-5-10(11)3-2-6-13/h4-5,7H,2-3,6H2,1H3. The number of halogens is 1. The van der Waals surface area contributed by atoms with Gasteiger partial charge in [-0.3, -0.25) is 0 Å². The molecule has 0 amide bonds.